The number of carbonyl (C=O) groups excluding carboxylic acids is 1. The summed E-state index contributed by atoms with van der Waals surface area (Å²) in [5.41, 5.74) is 2.97. The first kappa shape index (κ1) is 8.33. The zero-order valence-corrected chi connectivity index (χ0v) is 8.38. The molecule has 3 rings (SSSR count). The molecule has 76 valence electrons. The van der Waals surface area contributed by atoms with Crippen molar-refractivity contribution in [2.75, 3.05) is 13.1 Å². The highest BCUT2D eigenvalue weighted by molar-refractivity contribution is 5.81. The predicted octanol–water partition coefficient (Wildman–Crippen LogP) is 1.02. The first-order valence-electron chi connectivity index (χ1n) is 5.61. The molecular formula is C11H16N2O. The van der Waals surface area contributed by atoms with Crippen LogP contribution in [0.3, 0.4) is 0 Å². The number of hydrogen-bond donors (Lipinski definition) is 1. The second-order valence-corrected chi connectivity index (χ2v) is 4.47. The van der Waals surface area contributed by atoms with Crippen molar-refractivity contribution < 1.29 is 4.79 Å². The lowest BCUT2D eigenvalue weighted by molar-refractivity contribution is -0.131. The van der Waals surface area contributed by atoms with Gasteiger partial charge in [-0.15, -0.1) is 0 Å². The highest BCUT2D eigenvalue weighted by Gasteiger charge is 2.37. The van der Waals surface area contributed by atoms with E-state index in [9.17, 15) is 4.79 Å². The van der Waals surface area contributed by atoms with Crippen molar-refractivity contribution >= 4 is 5.91 Å². The lowest BCUT2D eigenvalue weighted by atomic mass is 9.87. The molecule has 14 heavy (non-hydrogen) atoms. The smallest absolute Gasteiger partial charge is 0.242 e. The Morgan fingerprint density at radius 2 is 2.14 bits per heavy atom. The van der Waals surface area contributed by atoms with Crippen LogP contribution < -0.4 is 5.32 Å². The Bertz CT molecular complexity index is 302. The van der Waals surface area contributed by atoms with E-state index in [0.717, 1.165) is 13.0 Å². The third-order valence-corrected chi connectivity index (χ3v) is 3.67. The van der Waals surface area contributed by atoms with Gasteiger partial charge in [-0.25, -0.2) is 0 Å². The Labute approximate surface area is 84.2 Å². The van der Waals surface area contributed by atoms with Crippen molar-refractivity contribution in [3.05, 3.63) is 11.3 Å². The molecule has 1 amide bonds. The Morgan fingerprint density at radius 1 is 1.29 bits per heavy atom. The number of nitrogens with one attached hydrogen (secondary N) is 1. The Hall–Kier alpha value is -0.990. The average Bonchev–Trinajstić information content (AvgIpc) is 2.55. The minimum absolute atomic E-state index is 0.288. The molecule has 0 unspecified atom stereocenters. The number of piperazine rings is 1. The molecule has 2 aliphatic heterocycles. The van der Waals surface area contributed by atoms with E-state index >= 15 is 0 Å². The molecule has 1 N–H and O–H groups in total. The van der Waals surface area contributed by atoms with Crippen LogP contribution in [0.4, 0.5) is 0 Å². The largest absolute Gasteiger partial charge is 0.378 e. The quantitative estimate of drug-likeness (QED) is 0.621. The number of allylic oxidation sites excluding steroid dienone is 1. The number of nitrogens with zero attached hydrogens (tertiary/aromatic N) is 1. The average molecular weight is 192 g/mol. The van der Waals surface area contributed by atoms with Gasteiger partial charge in [0.1, 0.15) is 0 Å². The molecule has 2 heterocycles. The Kier molecular flexibility index (Phi) is 1.79. The number of rotatable bonds is 0. The first-order chi connectivity index (χ1) is 6.86. The summed E-state index contributed by atoms with van der Waals surface area (Å²) in [5.74, 6) is 0.288. The third kappa shape index (κ3) is 1.08. The maximum absolute atomic E-state index is 11.6. The van der Waals surface area contributed by atoms with Gasteiger partial charge in [-0.1, -0.05) is 0 Å². The predicted molar refractivity (Wildman–Crippen MR) is 53.6 cm³/mol. The fourth-order valence-corrected chi connectivity index (χ4v) is 2.74. The van der Waals surface area contributed by atoms with Gasteiger partial charge in [0.05, 0.1) is 12.6 Å². The summed E-state index contributed by atoms with van der Waals surface area (Å²) >= 11 is 0. The maximum atomic E-state index is 11.6. The Morgan fingerprint density at radius 3 is 2.86 bits per heavy atom. The number of amides is 1. The monoisotopic (exact) mass is 192 g/mol. The highest BCUT2D eigenvalue weighted by atomic mass is 16.2. The van der Waals surface area contributed by atoms with Crippen LogP contribution in [-0.4, -0.2) is 29.9 Å². The lowest BCUT2D eigenvalue weighted by Crippen LogP contribution is -2.50. The van der Waals surface area contributed by atoms with Crippen LogP contribution >= 0.6 is 0 Å². The van der Waals surface area contributed by atoms with Crippen LogP contribution in [0, 0.1) is 0 Å². The van der Waals surface area contributed by atoms with Gasteiger partial charge in [0, 0.05) is 12.2 Å². The second kappa shape index (κ2) is 3.01. The van der Waals surface area contributed by atoms with Crippen molar-refractivity contribution in [3.8, 4) is 0 Å². The van der Waals surface area contributed by atoms with Crippen LogP contribution in [0.2, 0.25) is 0 Å². The molecule has 0 spiro atoms. The summed E-state index contributed by atoms with van der Waals surface area (Å²) in [6.45, 7) is 1.50. The minimum Gasteiger partial charge on any atom is -0.378 e. The van der Waals surface area contributed by atoms with E-state index < -0.39 is 0 Å². The molecule has 2 saturated heterocycles. The van der Waals surface area contributed by atoms with E-state index in [-0.39, 0.29) is 5.91 Å². The molecule has 0 aromatic rings. The van der Waals surface area contributed by atoms with Crippen LogP contribution in [0.15, 0.2) is 11.3 Å². The zero-order chi connectivity index (χ0) is 9.54. The van der Waals surface area contributed by atoms with Gasteiger partial charge >= 0.3 is 0 Å². The van der Waals surface area contributed by atoms with E-state index in [4.69, 9.17) is 0 Å². The maximum Gasteiger partial charge on any atom is 0.242 e. The molecule has 1 aliphatic carbocycles. The fourth-order valence-electron chi connectivity index (χ4n) is 2.74. The van der Waals surface area contributed by atoms with Gasteiger partial charge in [-0.2, -0.15) is 0 Å². The van der Waals surface area contributed by atoms with Gasteiger partial charge in [0.25, 0.3) is 0 Å². The van der Waals surface area contributed by atoms with Gasteiger partial charge in [-0.05, 0) is 37.7 Å². The molecule has 0 aromatic carbocycles. The summed E-state index contributed by atoms with van der Waals surface area (Å²) in [4.78, 5) is 13.7. The summed E-state index contributed by atoms with van der Waals surface area (Å²) in [6.07, 6.45) is 6.18. The molecule has 3 fully saturated rings. The summed E-state index contributed by atoms with van der Waals surface area (Å²) in [7, 11) is 0. The molecule has 1 atom stereocenters. The van der Waals surface area contributed by atoms with Crippen molar-refractivity contribution in [2.24, 2.45) is 0 Å². The Balaban J connectivity index is 1.90. The highest BCUT2D eigenvalue weighted by Crippen LogP contribution is 2.34. The van der Waals surface area contributed by atoms with Crippen molar-refractivity contribution in [1.82, 2.24) is 10.2 Å². The summed E-state index contributed by atoms with van der Waals surface area (Å²) in [6, 6.07) is 0.409. The molecule has 0 aromatic heterocycles. The van der Waals surface area contributed by atoms with Gasteiger partial charge < -0.3 is 10.2 Å². The topological polar surface area (TPSA) is 32.3 Å². The van der Waals surface area contributed by atoms with E-state index in [1.807, 2.05) is 0 Å². The van der Waals surface area contributed by atoms with Crippen LogP contribution in [-0.2, 0) is 4.79 Å². The number of fused-ring (bicyclic) bond motifs is 1. The standard InChI is InChI=1S/C11H16N2O/c14-10-7-12-11(8-3-1-4-8)9-5-2-6-13(9)10/h9,12H,1-7H2/t9-/m0/s1. The van der Waals surface area contributed by atoms with Crippen LogP contribution in [0.1, 0.15) is 32.1 Å². The lowest BCUT2D eigenvalue weighted by Gasteiger charge is -2.36. The number of hydrogen-bond acceptors (Lipinski definition) is 2. The fraction of sp³-hybridized carbons (Fsp3) is 0.727. The molecule has 3 aliphatic rings. The molecular weight excluding hydrogens is 176 g/mol. The van der Waals surface area contributed by atoms with E-state index in [1.54, 1.807) is 5.57 Å². The van der Waals surface area contributed by atoms with E-state index in [2.05, 4.69) is 10.2 Å². The van der Waals surface area contributed by atoms with E-state index in [1.165, 1.54) is 31.4 Å². The van der Waals surface area contributed by atoms with Gasteiger partial charge in [0.2, 0.25) is 5.91 Å². The number of carbonyl (C=O) groups is 1. The molecule has 3 heteroatoms. The van der Waals surface area contributed by atoms with Gasteiger partial charge in [-0.3, -0.25) is 4.79 Å². The van der Waals surface area contributed by atoms with E-state index in [0.29, 0.717) is 12.6 Å². The van der Waals surface area contributed by atoms with Gasteiger partial charge in [0.15, 0.2) is 0 Å². The van der Waals surface area contributed by atoms with Crippen molar-refractivity contribution in [1.29, 1.82) is 0 Å². The third-order valence-electron chi connectivity index (χ3n) is 3.67. The van der Waals surface area contributed by atoms with Crippen LogP contribution in [0.25, 0.3) is 0 Å². The zero-order valence-electron chi connectivity index (χ0n) is 8.38. The normalized spacial score (nSPS) is 31.3. The minimum atomic E-state index is 0.288. The second-order valence-electron chi connectivity index (χ2n) is 4.47. The molecule has 0 bridgehead atoms. The van der Waals surface area contributed by atoms with Crippen LogP contribution in [0.5, 0.6) is 0 Å². The summed E-state index contributed by atoms with van der Waals surface area (Å²) < 4.78 is 0. The molecule has 3 nitrogen and oxygen atoms in total. The first-order valence-corrected chi connectivity index (χ1v) is 5.61. The molecule has 0 radical (unpaired) electrons. The summed E-state index contributed by atoms with van der Waals surface area (Å²) in [5, 5.41) is 3.33. The SMILES string of the molecule is O=C1CNC(=C2CCC2)[C@@H]2CCCN12. The molecule has 1 saturated carbocycles. The van der Waals surface area contributed by atoms with Crippen molar-refractivity contribution in [3.63, 3.8) is 0 Å². The van der Waals surface area contributed by atoms with Crippen molar-refractivity contribution in [2.45, 2.75) is 38.1 Å².